The molecule has 0 spiro atoms. The predicted octanol–water partition coefficient (Wildman–Crippen LogP) is -1.23. The summed E-state index contributed by atoms with van der Waals surface area (Å²) in [5.74, 6) is -3.86. The third-order valence-electron chi connectivity index (χ3n) is 2.98. The summed E-state index contributed by atoms with van der Waals surface area (Å²) in [5.41, 5.74) is 1.58. The molecule has 0 saturated carbocycles. The molecular weight excluding hydrogens is 316 g/mol. The van der Waals surface area contributed by atoms with E-state index in [1.54, 1.807) is 0 Å². The summed E-state index contributed by atoms with van der Waals surface area (Å²) in [7, 11) is 0. The Hall–Kier alpha value is -2.84. The minimum atomic E-state index is -1.82. The topological polar surface area (TPSA) is 136 Å². The van der Waals surface area contributed by atoms with Crippen LogP contribution in [0, 0.1) is 0 Å². The monoisotopic (exact) mass is 334 g/mol. The summed E-state index contributed by atoms with van der Waals surface area (Å²) >= 11 is 0. The van der Waals surface area contributed by atoms with Gasteiger partial charge >= 0.3 is 11.9 Å². The van der Waals surface area contributed by atoms with Crippen molar-refractivity contribution in [3.05, 3.63) is 39.9 Å². The summed E-state index contributed by atoms with van der Waals surface area (Å²) in [5, 5.41) is 28.0. The third-order valence-corrected chi connectivity index (χ3v) is 2.98. The quantitative estimate of drug-likeness (QED) is 0.391. The van der Waals surface area contributed by atoms with E-state index in [4.69, 9.17) is 24.9 Å². The van der Waals surface area contributed by atoms with Gasteiger partial charge < -0.3 is 20.6 Å². The molecule has 24 heavy (non-hydrogen) atoms. The second-order valence-corrected chi connectivity index (χ2v) is 4.81. The highest BCUT2D eigenvalue weighted by molar-refractivity contribution is 6.27. The van der Waals surface area contributed by atoms with Crippen molar-refractivity contribution in [1.82, 2.24) is 5.32 Å². The number of nitrogens with zero attached hydrogens (tertiary/aromatic N) is 1. The number of carbonyl (C=O) groups excluding carboxylic acids is 1. The SMILES string of the molecule is C=c1cccc2c1=NC(=O)C(CNCCCO)=C2.O=C(O)C(=O)O. The lowest BCUT2D eigenvalue weighted by Crippen LogP contribution is -2.32. The molecule has 1 heterocycles. The van der Waals surface area contributed by atoms with E-state index < -0.39 is 11.9 Å². The van der Waals surface area contributed by atoms with Crippen molar-refractivity contribution >= 4 is 30.5 Å². The van der Waals surface area contributed by atoms with Gasteiger partial charge in [0, 0.05) is 24.3 Å². The molecule has 0 atom stereocenters. The number of aliphatic hydroxyl groups excluding tert-OH is 1. The molecule has 0 unspecified atom stereocenters. The number of carbonyl (C=O) groups is 3. The van der Waals surface area contributed by atoms with Crippen molar-refractivity contribution in [3.63, 3.8) is 0 Å². The van der Waals surface area contributed by atoms with Gasteiger partial charge in [-0.3, -0.25) is 4.79 Å². The van der Waals surface area contributed by atoms with Gasteiger partial charge in [0.05, 0.1) is 5.36 Å². The first kappa shape index (κ1) is 19.2. The number of carboxylic acid groups (broad SMARTS) is 2. The second kappa shape index (κ2) is 9.33. The number of nitrogens with one attached hydrogen (secondary N) is 1. The molecule has 0 aromatic heterocycles. The first-order chi connectivity index (χ1) is 11.4. The summed E-state index contributed by atoms with van der Waals surface area (Å²) in [4.78, 5) is 34.1. The van der Waals surface area contributed by atoms with Gasteiger partial charge in [0.25, 0.3) is 5.91 Å². The molecule has 0 aliphatic carbocycles. The Morgan fingerprint density at radius 2 is 1.88 bits per heavy atom. The summed E-state index contributed by atoms with van der Waals surface area (Å²) < 4.78 is 0. The van der Waals surface area contributed by atoms with Crippen LogP contribution in [0.2, 0.25) is 0 Å². The standard InChI is InChI=1S/C14H16N2O2.C2H2O4/c1-10-4-2-5-11-8-12(9-15-6-3-7-17)14(18)16-13(10)11;3-1(4)2(5)6/h2,4-5,8,15,17H,1,3,6-7,9H2;(H,3,4)(H,5,6). The van der Waals surface area contributed by atoms with Crippen molar-refractivity contribution in [2.45, 2.75) is 6.42 Å². The molecule has 0 radical (unpaired) electrons. The van der Waals surface area contributed by atoms with Gasteiger partial charge in [-0.2, -0.15) is 0 Å². The van der Waals surface area contributed by atoms with Crippen LogP contribution in [0.5, 0.6) is 0 Å². The van der Waals surface area contributed by atoms with Gasteiger partial charge in [-0.05, 0) is 24.3 Å². The van der Waals surface area contributed by atoms with E-state index in [1.807, 2.05) is 24.3 Å². The van der Waals surface area contributed by atoms with E-state index in [-0.39, 0.29) is 12.5 Å². The lowest BCUT2D eigenvalue weighted by Gasteiger charge is -2.10. The molecule has 8 heteroatoms. The molecule has 2 rings (SSSR count). The molecule has 0 bridgehead atoms. The minimum Gasteiger partial charge on any atom is -0.473 e. The zero-order valence-electron chi connectivity index (χ0n) is 12.9. The van der Waals surface area contributed by atoms with Gasteiger partial charge in [0.1, 0.15) is 0 Å². The van der Waals surface area contributed by atoms with E-state index in [1.165, 1.54) is 0 Å². The fourth-order valence-corrected chi connectivity index (χ4v) is 1.84. The Morgan fingerprint density at radius 3 is 2.46 bits per heavy atom. The average Bonchev–Trinajstić information content (AvgIpc) is 2.53. The van der Waals surface area contributed by atoms with Crippen molar-refractivity contribution in [2.75, 3.05) is 19.7 Å². The highest BCUT2D eigenvalue weighted by Crippen LogP contribution is 2.07. The molecule has 0 fully saturated rings. The third kappa shape index (κ3) is 5.75. The lowest BCUT2D eigenvalue weighted by atomic mass is 10.1. The molecule has 1 aromatic rings. The van der Waals surface area contributed by atoms with Crippen molar-refractivity contribution in [2.24, 2.45) is 4.99 Å². The van der Waals surface area contributed by atoms with E-state index in [2.05, 4.69) is 16.9 Å². The molecule has 1 aromatic carbocycles. The number of aliphatic carboxylic acids is 2. The highest BCUT2D eigenvalue weighted by Gasteiger charge is 2.13. The zero-order chi connectivity index (χ0) is 18.1. The Balaban J connectivity index is 0.000000413. The molecule has 4 N–H and O–H groups in total. The maximum Gasteiger partial charge on any atom is 0.414 e. The molecule has 8 nitrogen and oxygen atoms in total. The number of benzene rings is 1. The van der Waals surface area contributed by atoms with E-state index >= 15 is 0 Å². The minimum absolute atomic E-state index is 0.151. The Kier molecular flexibility index (Phi) is 7.47. The number of hydrogen-bond acceptors (Lipinski definition) is 5. The number of amides is 1. The van der Waals surface area contributed by atoms with Crippen molar-refractivity contribution in [1.29, 1.82) is 0 Å². The highest BCUT2D eigenvalue weighted by atomic mass is 16.4. The fraction of sp³-hybridized carbons (Fsp3) is 0.250. The van der Waals surface area contributed by atoms with Crippen molar-refractivity contribution in [3.8, 4) is 0 Å². The first-order valence-corrected chi connectivity index (χ1v) is 7.06. The molecule has 1 aliphatic rings. The van der Waals surface area contributed by atoms with Crippen LogP contribution in [0.3, 0.4) is 0 Å². The lowest BCUT2D eigenvalue weighted by molar-refractivity contribution is -0.159. The van der Waals surface area contributed by atoms with Crippen LogP contribution < -0.4 is 15.9 Å². The van der Waals surface area contributed by atoms with Crippen LogP contribution in [0.15, 0.2) is 28.8 Å². The largest absolute Gasteiger partial charge is 0.473 e. The van der Waals surface area contributed by atoms with E-state index in [9.17, 15) is 4.79 Å². The molecule has 1 aliphatic heterocycles. The number of fused-ring (bicyclic) bond motifs is 1. The Bertz CT molecular complexity index is 757. The molecular formula is C16H18N2O6. The first-order valence-electron chi connectivity index (χ1n) is 7.06. The van der Waals surface area contributed by atoms with Gasteiger partial charge in [0.15, 0.2) is 0 Å². The van der Waals surface area contributed by atoms with Crippen LogP contribution in [0.1, 0.15) is 12.0 Å². The summed E-state index contributed by atoms with van der Waals surface area (Å²) in [6.45, 7) is 5.17. The molecule has 128 valence electrons. The molecule has 1 amide bonds. The van der Waals surface area contributed by atoms with Gasteiger partial charge in [0.2, 0.25) is 0 Å². The van der Waals surface area contributed by atoms with Gasteiger partial charge in [-0.1, -0.05) is 24.8 Å². The van der Waals surface area contributed by atoms with Gasteiger partial charge in [-0.15, -0.1) is 0 Å². The fourth-order valence-electron chi connectivity index (χ4n) is 1.84. The van der Waals surface area contributed by atoms with Crippen LogP contribution in [-0.4, -0.2) is 52.9 Å². The Morgan fingerprint density at radius 1 is 1.21 bits per heavy atom. The van der Waals surface area contributed by atoms with Gasteiger partial charge in [-0.25, -0.2) is 14.6 Å². The Labute approximate surface area is 137 Å². The summed E-state index contributed by atoms with van der Waals surface area (Å²) in [6, 6.07) is 5.67. The number of para-hydroxylation sites is 1. The second-order valence-electron chi connectivity index (χ2n) is 4.81. The van der Waals surface area contributed by atoms with Crippen LogP contribution >= 0.6 is 0 Å². The smallest absolute Gasteiger partial charge is 0.414 e. The number of rotatable bonds is 5. The average molecular weight is 334 g/mol. The van der Waals surface area contributed by atoms with E-state index in [0.717, 1.165) is 10.8 Å². The number of aliphatic hydroxyl groups is 1. The van der Waals surface area contributed by atoms with Crippen LogP contribution in [-0.2, 0) is 14.4 Å². The van der Waals surface area contributed by atoms with Crippen LogP contribution in [0.4, 0.5) is 0 Å². The normalized spacial score (nSPS) is 12.2. The predicted molar refractivity (Wildman–Crippen MR) is 85.6 cm³/mol. The molecule has 0 saturated heterocycles. The summed E-state index contributed by atoms with van der Waals surface area (Å²) in [6.07, 6.45) is 2.53. The van der Waals surface area contributed by atoms with Crippen molar-refractivity contribution < 1.29 is 29.7 Å². The number of hydrogen-bond donors (Lipinski definition) is 4. The maximum absolute atomic E-state index is 11.8. The zero-order valence-corrected chi connectivity index (χ0v) is 12.9. The number of carboxylic acids is 2. The maximum atomic E-state index is 11.8. The van der Waals surface area contributed by atoms with Crippen LogP contribution in [0.25, 0.3) is 12.7 Å². The van der Waals surface area contributed by atoms with E-state index in [0.29, 0.717) is 30.4 Å².